The summed E-state index contributed by atoms with van der Waals surface area (Å²) >= 11 is 0. The second kappa shape index (κ2) is 9.67. The lowest BCUT2D eigenvalue weighted by molar-refractivity contribution is 0.0755. The van der Waals surface area contributed by atoms with Gasteiger partial charge in [0.1, 0.15) is 11.6 Å². The third-order valence-corrected chi connectivity index (χ3v) is 3.94. The Bertz CT molecular complexity index is 665. The lowest BCUT2D eigenvalue weighted by Crippen LogP contribution is -2.32. The molecular weight excluding hydrogens is 314 g/mol. The van der Waals surface area contributed by atoms with E-state index in [-0.39, 0.29) is 5.91 Å². The van der Waals surface area contributed by atoms with E-state index in [1.807, 2.05) is 41.3 Å². The second-order valence-electron chi connectivity index (χ2n) is 5.89. The maximum absolute atomic E-state index is 12.5. The molecule has 1 amide bonds. The van der Waals surface area contributed by atoms with Crippen molar-refractivity contribution in [3.63, 3.8) is 0 Å². The van der Waals surface area contributed by atoms with Crippen molar-refractivity contribution in [1.29, 1.82) is 0 Å². The van der Waals surface area contributed by atoms with Crippen molar-refractivity contribution in [2.45, 2.75) is 33.2 Å². The maximum atomic E-state index is 12.5. The van der Waals surface area contributed by atoms with E-state index >= 15 is 0 Å². The molecule has 5 nitrogen and oxygen atoms in total. The molecule has 1 N–H and O–H groups in total. The minimum atomic E-state index is 0.0486. The second-order valence-corrected chi connectivity index (χ2v) is 5.89. The van der Waals surface area contributed by atoms with Crippen LogP contribution in [0, 0.1) is 0 Å². The average molecular weight is 341 g/mol. The van der Waals surface area contributed by atoms with E-state index in [4.69, 9.17) is 4.74 Å². The van der Waals surface area contributed by atoms with Gasteiger partial charge in [-0.3, -0.25) is 4.79 Å². The number of para-hydroxylation sites is 1. The zero-order chi connectivity index (χ0) is 18.1. The zero-order valence-electron chi connectivity index (χ0n) is 15.3. The van der Waals surface area contributed by atoms with Gasteiger partial charge in [0.2, 0.25) is 0 Å². The number of carbonyl (C=O) groups excluding carboxylic acids is 1. The van der Waals surface area contributed by atoms with E-state index in [0.717, 1.165) is 43.1 Å². The number of hydrogen-bond acceptors (Lipinski definition) is 4. The Morgan fingerprint density at radius 3 is 2.44 bits per heavy atom. The van der Waals surface area contributed by atoms with Crippen LogP contribution in [0.3, 0.4) is 0 Å². The van der Waals surface area contributed by atoms with Crippen molar-refractivity contribution in [2.24, 2.45) is 0 Å². The van der Waals surface area contributed by atoms with Crippen LogP contribution in [0.5, 0.6) is 5.75 Å². The summed E-state index contributed by atoms with van der Waals surface area (Å²) in [5, 5.41) is 3.27. The summed E-state index contributed by atoms with van der Waals surface area (Å²) in [4.78, 5) is 18.8. The molecule has 0 unspecified atom stereocenters. The van der Waals surface area contributed by atoms with Crippen molar-refractivity contribution in [3.05, 3.63) is 53.7 Å². The average Bonchev–Trinajstić information content (AvgIpc) is 2.66. The first-order chi connectivity index (χ1) is 12.2. The van der Waals surface area contributed by atoms with Crippen LogP contribution in [0.15, 0.2) is 42.6 Å². The van der Waals surface area contributed by atoms with E-state index in [0.29, 0.717) is 12.1 Å². The van der Waals surface area contributed by atoms with Crippen molar-refractivity contribution < 1.29 is 9.53 Å². The molecule has 0 radical (unpaired) electrons. The number of aromatic nitrogens is 1. The summed E-state index contributed by atoms with van der Waals surface area (Å²) in [5.74, 6) is 1.63. The number of nitrogens with one attached hydrogen (secondary N) is 1. The van der Waals surface area contributed by atoms with Gasteiger partial charge >= 0.3 is 0 Å². The van der Waals surface area contributed by atoms with E-state index in [1.165, 1.54) is 0 Å². The van der Waals surface area contributed by atoms with Crippen LogP contribution in [-0.4, -0.2) is 36.0 Å². The van der Waals surface area contributed by atoms with Crippen molar-refractivity contribution in [2.75, 3.05) is 25.5 Å². The van der Waals surface area contributed by atoms with Crippen LogP contribution in [-0.2, 0) is 6.54 Å². The predicted molar refractivity (Wildman–Crippen MR) is 101 cm³/mol. The molecule has 0 fully saturated rings. The first kappa shape index (κ1) is 18.8. The van der Waals surface area contributed by atoms with Crippen molar-refractivity contribution >= 4 is 11.7 Å². The largest absolute Gasteiger partial charge is 0.496 e. The fraction of sp³-hybridized carbons (Fsp3) is 0.400. The number of pyridine rings is 1. The summed E-state index contributed by atoms with van der Waals surface area (Å²) in [7, 11) is 1.66. The molecule has 1 aromatic carbocycles. The SMILES string of the molecule is CCCN(CCC)C(=O)c1ccc(NCc2ccccc2OC)nc1. The van der Waals surface area contributed by atoms with Crippen LogP contribution < -0.4 is 10.1 Å². The van der Waals surface area contributed by atoms with E-state index in [2.05, 4.69) is 24.1 Å². The monoisotopic (exact) mass is 341 g/mol. The lowest BCUT2D eigenvalue weighted by Gasteiger charge is -2.21. The zero-order valence-corrected chi connectivity index (χ0v) is 15.3. The van der Waals surface area contributed by atoms with Gasteiger partial charge in [-0.05, 0) is 31.0 Å². The standard InChI is InChI=1S/C20H27N3O2/c1-4-12-23(13-5-2)20(24)17-10-11-19(22-15-17)21-14-16-8-6-7-9-18(16)25-3/h6-11,15H,4-5,12-14H2,1-3H3,(H,21,22). The smallest absolute Gasteiger partial charge is 0.255 e. The molecule has 0 aliphatic carbocycles. The molecule has 0 aliphatic heterocycles. The number of benzene rings is 1. The lowest BCUT2D eigenvalue weighted by atomic mass is 10.2. The molecule has 25 heavy (non-hydrogen) atoms. The molecule has 134 valence electrons. The Kier molecular flexibility index (Phi) is 7.26. The summed E-state index contributed by atoms with van der Waals surface area (Å²) in [6.07, 6.45) is 3.56. The quantitative estimate of drug-likeness (QED) is 0.750. The highest BCUT2D eigenvalue weighted by Crippen LogP contribution is 2.18. The Balaban J connectivity index is 2.00. The predicted octanol–water partition coefficient (Wildman–Crippen LogP) is 3.96. The Hall–Kier alpha value is -2.56. The number of hydrogen-bond donors (Lipinski definition) is 1. The van der Waals surface area contributed by atoms with Crippen LogP contribution in [0.4, 0.5) is 5.82 Å². The highest BCUT2D eigenvalue weighted by Gasteiger charge is 2.14. The third kappa shape index (κ3) is 5.21. The van der Waals surface area contributed by atoms with Crippen LogP contribution >= 0.6 is 0 Å². The van der Waals surface area contributed by atoms with Gasteiger partial charge in [0.15, 0.2) is 0 Å². The van der Waals surface area contributed by atoms with Gasteiger partial charge in [0.25, 0.3) is 5.91 Å². The van der Waals surface area contributed by atoms with Gasteiger partial charge in [0.05, 0.1) is 12.7 Å². The number of nitrogens with zero attached hydrogens (tertiary/aromatic N) is 2. The number of methoxy groups -OCH3 is 1. The normalized spacial score (nSPS) is 10.4. The topological polar surface area (TPSA) is 54.5 Å². The Labute approximate surface area is 150 Å². The minimum absolute atomic E-state index is 0.0486. The van der Waals surface area contributed by atoms with Crippen LogP contribution in [0.2, 0.25) is 0 Å². The fourth-order valence-corrected chi connectivity index (χ4v) is 2.70. The molecule has 0 atom stereocenters. The molecule has 0 aliphatic rings. The maximum Gasteiger partial charge on any atom is 0.255 e. The summed E-state index contributed by atoms with van der Waals surface area (Å²) in [6, 6.07) is 11.5. The molecule has 1 aromatic heterocycles. The van der Waals surface area contributed by atoms with Gasteiger partial charge in [-0.1, -0.05) is 32.0 Å². The summed E-state index contributed by atoms with van der Waals surface area (Å²) in [6.45, 7) is 6.33. The number of rotatable bonds is 9. The Morgan fingerprint density at radius 1 is 1.12 bits per heavy atom. The molecule has 5 heteroatoms. The van der Waals surface area contributed by atoms with E-state index < -0.39 is 0 Å². The summed E-state index contributed by atoms with van der Waals surface area (Å²) < 4.78 is 5.35. The van der Waals surface area contributed by atoms with Crippen LogP contribution in [0.25, 0.3) is 0 Å². The molecule has 0 spiro atoms. The highest BCUT2D eigenvalue weighted by molar-refractivity contribution is 5.94. The third-order valence-electron chi connectivity index (χ3n) is 3.94. The molecule has 0 saturated heterocycles. The molecule has 1 heterocycles. The molecule has 2 aromatic rings. The fourth-order valence-electron chi connectivity index (χ4n) is 2.70. The molecule has 0 bridgehead atoms. The Morgan fingerprint density at radius 2 is 1.84 bits per heavy atom. The summed E-state index contributed by atoms with van der Waals surface area (Å²) in [5.41, 5.74) is 1.69. The highest BCUT2D eigenvalue weighted by atomic mass is 16.5. The number of carbonyl (C=O) groups is 1. The molecule has 0 saturated carbocycles. The minimum Gasteiger partial charge on any atom is -0.496 e. The number of amides is 1. The van der Waals surface area contributed by atoms with E-state index in [1.54, 1.807) is 13.3 Å². The van der Waals surface area contributed by atoms with E-state index in [9.17, 15) is 4.79 Å². The number of ether oxygens (including phenoxy) is 1. The van der Waals surface area contributed by atoms with Gasteiger partial charge < -0.3 is 15.0 Å². The number of anilines is 1. The molecule has 2 rings (SSSR count). The first-order valence-corrected chi connectivity index (χ1v) is 8.80. The first-order valence-electron chi connectivity index (χ1n) is 8.80. The van der Waals surface area contributed by atoms with Crippen LogP contribution in [0.1, 0.15) is 42.6 Å². The van der Waals surface area contributed by atoms with Gasteiger partial charge in [0, 0.05) is 31.4 Å². The van der Waals surface area contributed by atoms with Crippen molar-refractivity contribution in [1.82, 2.24) is 9.88 Å². The molecular formula is C20H27N3O2. The van der Waals surface area contributed by atoms with Gasteiger partial charge in [-0.2, -0.15) is 0 Å². The van der Waals surface area contributed by atoms with Gasteiger partial charge in [-0.25, -0.2) is 4.98 Å². The van der Waals surface area contributed by atoms with Gasteiger partial charge in [-0.15, -0.1) is 0 Å². The van der Waals surface area contributed by atoms with Crippen molar-refractivity contribution in [3.8, 4) is 5.75 Å².